The Kier molecular flexibility index (Phi) is 6.02. The van der Waals surface area contributed by atoms with Crippen LogP contribution in [0.15, 0.2) is 54.9 Å². The monoisotopic (exact) mass is 414 g/mol. The number of unbranched alkanes of at least 4 members (excludes halogenated alkanes) is 1. The van der Waals surface area contributed by atoms with E-state index in [1.165, 1.54) is 0 Å². The molecule has 3 aromatic heterocycles. The van der Waals surface area contributed by atoms with Crippen LogP contribution in [0.5, 0.6) is 0 Å². The molecule has 0 aliphatic heterocycles. The number of amides is 1. The first-order chi connectivity index (χ1) is 15.0. The lowest BCUT2D eigenvalue weighted by atomic mass is 10.1. The number of nitrogens with zero attached hydrogens (tertiary/aromatic N) is 5. The van der Waals surface area contributed by atoms with E-state index in [1.54, 1.807) is 12.4 Å². The van der Waals surface area contributed by atoms with Gasteiger partial charge in [0.1, 0.15) is 17.8 Å². The first kappa shape index (κ1) is 20.7. The van der Waals surface area contributed by atoms with Crippen LogP contribution in [0.25, 0.3) is 22.4 Å². The number of aromatic nitrogens is 5. The van der Waals surface area contributed by atoms with E-state index in [1.807, 2.05) is 34.9 Å². The first-order valence-electron chi connectivity index (χ1n) is 10.6. The van der Waals surface area contributed by atoms with Crippen molar-refractivity contribution in [2.75, 3.05) is 5.32 Å². The number of pyridine rings is 2. The summed E-state index contributed by atoms with van der Waals surface area (Å²) in [6.07, 6.45) is 4.86. The molecule has 0 unspecified atom stereocenters. The van der Waals surface area contributed by atoms with Crippen LogP contribution in [0, 0.1) is 0 Å². The van der Waals surface area contributed by atoms with Gasteiger partial charge in [0.05, 0.1) is 5.52 Å². The second-order valence-corrected chi connectivity index (χ2v) is 7.83. The summed E-state index contributed by atoms with van der Waals surface area (Å²) < 4.78 is 1.94. The lowest BCUT2D eigenvalue weighted by molar-refractivity contribution is 0.102. The molecule has 31 heavy (non-hydrogen) atoms. The topological polar surface area (TPSA) is 85.6 Å². The maximum Gasteiger partial charge on any atom is 0.256 e. The number of nitrogens with one attached hydrogen (secondary N) is 1. The van der Waals surface area contributed by atoms with Crippen molar-refractivity contribution in [3.05, 3.63) is 66.1 Å². The molecule has 0 aliphatic rings. The van der Waals surface area contributed by atoms with Crippen LogP contribution < -0.4 is 5.32 Å². The quantitative estimate of drug-likeness (QED) is 0.457. The molecule has 3 heterocycles. The maximum atomic E-state index is 12.9. The van der Waals surface area contributed by atoms with E-state index in [9.17, 15) is 4.79 Å². The number of rotatable bonds is 7. The van der Waals surface area contributed by atoms with Crippen molar-refractivity contribution < 1.29 is 4.79 Å². The molecule has 4 rings (SSSR count). The summed E-state index contributed by atoms with van der Waals surface area (Å²) >= 11 is 0. The third-order valence-corrected chi connectivity index (χ3v) is 5.15. The molecule has 0 bridgehead atoms. The molecule has 1 N–H and O–H groups in total. The van der Waals surface area contributed by atoms with Crippen LogP contribution in [-0.4, -0.2) is 30.6 Å². The Labute approximate surface area is 181 Å². The van der Waals surface area contributed by atoms with Crippen molar-refractivity contribution in [3.8, 4) is 11.5 Å². The molecule has 0 fully saturated rings. The molecular formula is C24H26N6O. The molecular weight excluding hydrogens is 388 g/mol. The second kappa shape index (κ2) is 9.04. The fourth-order valence-corrected chi connectivity index (χ4v) is 3.42. The fraction of sp³-hybridized carbons (Fsp3) is 0.292. The molecule has 4 aromatic rings. The van der Waals surface area contributed by atoms with E-state index in [0.717, 1.165) is 35.9 Å². The number of aryl methyl sites for hydroxylation is 1. The van der Waals surface area contributed by atoms with Gasteiger partial charge in [-0.25, -0.2) is 4.98 Å². The summed E-state index contributed by atoms with van der Waals surface area (Å²) in [5.74, 6) is 0.906. The number of hydrogen-bond donors (Lipinski definition) is 1. The van der Waals surface area contributed by atoms with Crippen LogP contribution in [0.1, 0.15) is 55.7 Å². The predicted molar refractivity (Wildman–Crippen MR) is 122 cm³/mol. The molecule has 0 saturated carbocycles. The Morgan fingerprint density at radius 2 is 1.94 bits per heavy atom. The molecule has 0 aliphatic carbocycles. The third kappa shape index (κ3) is 4.60. The zero-order chi connectivity index (χ0) is 21.8. The maximum absolute atomic E-state index is 12.9. The number of carbonyl (C=O) groups is 1. The largest absolute Gasteiger partial charge is 0.310 e. The average Bonchev–Trinajstić information content (AvgIpc) is 3.28. The van der Waals surface area contributed by atoms with Crippen molar-refractivity contribution in [1.29, 1.82) is 0 Å². The van der Waals surface area contributed by atoms with Gasteiger partial charge >= 0.3 is 0 Å². The van der Waals surface area contributed by atoms with E-state index in [-0.39, 0.29) is 11.9 Å². The molecule has 1 amide bonds. The van der Waals surface area contributed by atoms with Crippen molar-refractivity contribution in [3.63, 3.8) is 0 Å². The molecule has 158 valence electrons. The summed E-state index contributed by atoms with van der Waals surface area (Å²) in [5, 5.41) is 12.1. The zero-order valence-corrected chi connectivity index (χ0v) is 18.0. The highest BCUT2D eigenvalue weighted by molar-refractivity contribution is 6.05. The predicted octanol–water partition coefficient (Wildman–Crippen LogP) is 5.06. The van der Waals surface area contributed by atoms with Crippen molar-refractivity contribution in [2.45, 2.75) is 46.1 Å². The molecule has 0 saturated heterocycles. The van der Waals surface area contributed by atoms with E-state index >= 15 is 0 Å². The second-order valence-electron chi connectivity index (χ2n) is 7.83. The van der Waals surface area contributed by atoms with Gasteiger partial charge in [0.25, 0.3) is 5.91 Å². The number of hydrogen-bond acceptors (Lipinski definition) is 5. The van der Waals surface area contributed by atoms with Crippen molar-refractivity contribution >= 4 is 22.6 Å². The fourth-order valence-electron chi connectivity index (χ4n) is 3.42. The Balaban J connectivity index is 1.56. The highest BCUT2D eigenvalue weighted by atomic mass is 16.1. The number of anilines is 1. The molecule has 7 heteroatoms. The number of carbonyl (C=O) groups excluding carboxylic acids is 1. The minimum Gasteiger partial charge on any atom is -0.310 e. The van der Waals surface area contributed by atoms with Gasteiger partial charge in [-0.1, -0.05) is 31.5 Å². The summed E-state index contributed by atoms with van der Waals surface area (Å²) in [4.78, 5) is 22.2. The summed E-state index contributed by atoms with van der Waals surface area (Å²) in [6.45, 7) is 6.28. The van der Waals surface area contributed by atoms with Crippen LogP contribution in [0.3, 0.4) is 0 Å². The van der Waals surface area contributed by atoms with E-state index in [0.29, 0.717) is 22.9 Å². The van der Waals surface area contributed by atoms with Gasteiger partial charge in [-0.05, 0) is 57.0 Å². The Hall–Kier alpha value is -3.61. The summed E-state index contributed by atoms with van der Waals surface area (Å²) in [7, 11) is 0. The minimum atomic E-state index is -0.224. The van der Waals surface area contributed by atoms with E-state index < -0.39 is 0 Å². The van der Waals surface area contributed by atoms with Gasteiger partial charge in [0, 0.05) is 22.7 Å². The van der Waals surface area contributed by atoms with E-state index in [4.69, 9.17) is 4.98 Å². The number of benzene rings is 1. The molecule has 0 spiro atoms. The zero-order valence-electron chi connectivity index (χ0n) is 18.0. The number of fused-ring (bicyclic) bond motifs is 1. The third-order valence-electron chi connectivity index (χ3n) is 5.15. The Morgan fingerprint density at radius 3 is 2.74 bits per heavy atom. The standard InChI is InChI=1S/C24H26N6O/c1-4-5-7-19-13-12-17-10-11-18(14-21(17)26-19)24(31)28-22-9-6-8-20(27-22)23-29-25-15-30(23)16(2)3/h6,8-16H,4-5,7H2,1-3H3,(H,27,28,31). The van der Waals surface area contributed by atoms with Gasteiger partial charge in [-0.2, -0.15) is 0 Å². The van der Waals surface area contributed by atoms with Gasteiger partial charge in [0.2, 0.25) is 0 Å². The molecule has 0 radical (unpaired) electrons. The first-order valence-corrected chi connectivity index (χ1v) is 10.6. The van der Waals surface area contributed by atoms with Crippen LogP contribution >= 0.6 is 0 Å². The van der Waals surface area contributed by atoms with E-state index in [2.05, 4.69) is 53.4 Å². The normalized spacial score (nSPS) is 11.2. The van der Waals surface area contributed by atoms with Gasteiger partial charge < -0.3 is 9.88 Å². The van der Waals surface area contributed by atoms with Crippen LogP contribution in [0.2, 0.25) is 0 Å². The smallest absolute Gasteiger partial charge is 0.256 e. The van der Waals surface area contributed by atoms with Gasteiger partial charge in [0.15, 0.2) is 5.82 Å². The summed E-state index contributed by atoms with van der Waals surface area (Å²) in [6, 6.07) is 15.4. The lowest BCUT2D eigenvalue weighted by Gasteiger charge is -2.11. The van der Waals surface area contributed by atoms with Gasteiger partial charge in [-0.3, -0.25) is 9.78 Å². The van der Waals surface area contributed by atoms with Gasteiger partial charge in [-0.15, -0.1) is 10.2 Å². The SMILES string of the molecule is CCCCc1ccc2ccc(C(=O)Nc3cccc(-c4nncn4C(C)C)n3)cc2n1. The lowest BCUT2D eigenvalue weighted by Crippen LogP contribution is -2.13. The minimum absolute atomic E-state index is 0.206. The highest BCUT2D eigenvalue weighted by Gasteiger charge is 2.13. The average molecular weight is 415 g/mol. The summed E-state index contributed by atoms with van der Waals surface area (Å²) in [5.41, 5.74) is 3.08. The highest BCUT2D eigenvalue weighted by Crippen LogP contribution is 2.21. The Morgan fingerprint density at radius 1 is 1.10 bits per heavy atom. The molecule has 0 atom stereocenters. The molecule has 1 aromatic carbocycles. The van der Waals surface area contributed by atoms with Crippen molar-refractivity contribution in [2.24, 2.45) is 0 Å². The van der Waals surface area contributed by atoms with Crippen LogP contribution in [0.4, 0.5) is 5.82 Å². The van der Waals surface area contributed by atoms with Crippen molar-refractivity contribution in [1.82, 2.24) is 24.7 Å². The Bertz CT molecular complexity index is 1210. The molecule has 7 nitrogen and oxygen atoms in total. The van der Waals surface area contributed by atoms with Crippen LogP contribution in [-0.2, 0) is 6.42 Å².